The molecule has 1 aromatic rings. The van der Waals surface area contributed by atoms with Crippen molar-refractivity contribution in [3.63, 3.8) is 0 Å². The van der Waals surface area contributed by atoms with Gasteiger partial charge in [-0.1, -0.05) is 30.3 Å². The molecule has 0 bridgehead atoms. The summed E-state index contributed by atoms with van der Waals surface area (Å²) in [4.78, 5) is 23.1. The molecule has 0 saturated carbocycles. The van der Waals surface area contributed by atoms with Gasteiger partial charge in [-0.25, -0.2) is 4.79 Å². The quantitative estimate of drug-likeness (QED) is 0.774. The van der Waals surface area contributed by atoms with Gasteiger partial charge in [-0.15, -0.1) is 0 Å². The maximum absolute atomic E-state index is 12.0. The second-order valence-corrected chi connectivity index (χ2v) is 4.93. The van der Waals surface area contributed by atoms with Crippen LogP contribution in [0.5, 0.6) is 0 Å². The van der Waals surface area contributed by atoms with Crippen LogP contribution in [-0.4, -0.2) is 17.5 Å². The molecule has 4 nitrogen and oxygen atoms in total. The molecule has 98 valence electrons. The fraction of sp³-hybridized carbons (Fsp3) is 0.429. The topological polar surface area (TPSA) is 52.6 Å². The molecule has 0 aliphatic heterocycles. The maximum atomic E-state index is 12.0. The summed E-state index contributed by atoms with van der Waals surface area (Å²) in [5.41, 5.74) is -0.0217. The van der Waals surface area contributed by atoms with Gasteiger partial charge in [0, 0.05) is 12.5 Å². The number of ether oxygens (including phenoxy) is 2. The van der Waals surface area contributed by atoms with E-state index in [1.807, 2.05) is 6.07 Å². The number of carbonyl (C=O) groups is 2. The second-order valence-electron chi connectivity index (χ2n) is 4.93. The molecule has 0 aliphatic rings. The Hall–Kier alpha value is -1.84. The van der Waals surface area contributed by atoms with Crippen LogP contribution in [0.2, 0.25) is 0 Å². The molecule has 1 atom stereocenters. The van der Waals surface area contributed by atoms with E-state index < -0.39 is 23.6 Å². The lowest BCUT2D eigenvalue weighted by Crippen LogP contribution is -2.29. The molecule has 0 aromatic heterocycles. The molecule has 1 aromatic carbocycles. The average Bonchev–Trinajstić information content (AvgIpc) is 2.24. The third-order valence-corrected chi connectivity index (χ3v) is 2.01. The maximum Gasteiger partial charge on any atom is 0.352 e. The third-order valence-electron chi connectivity index (χ3n) is 2.01. The zero-order valence-corrected chi connectivity index (χ0v) is 11.1. The van der Waals surface area contributed by atoms with Crippen LogP contribution < -0.4 is 0 Å². The van der Waals surface area contributed by atoms with Crippen LogP contribution in [0.1, 0.15) is 39.4 Å². The van der Waals surface area contributed by atoms with Crippen molar-refractivity contribution in [2.24, 2.45) is 0 Å². The highest BCUT2D eigenvalue weighted by Gasteiger charge is 2.28. The minimum Gasteiger partial charge on any atom is -0.457 e. The van der Waals surface area contributed by atoms with Gasteiger partial charge in [0.25, 0.3) is 0 Å². The first-order valence-corrected chi connectivity index (χ1v) is 5.74. The number of rotatable bonds is 3. The van der Waals surface area contributed by atoms with E-state index in [9.17, 15) is 9.59 Å². The smallest absolute Gasteiger partial charge is 0.352 e. The SMILES string of the molecule is CC(=O)OC(C(=O)OC(C)(C)C)c1ccccc1. The van der Waals surface area contributed by atoms with Gasteiger partial charge in [-0.05, 0) is 20.8 Å². The number of esters is 2. The van der Waals surface area contributed by atoms with Gasteiger partial charge in [0.1, 0.15) is 5.60 Å². The Balaban J connectivity index is 2.92. The lowest BCUT2D eigenvalue weighted by atomic mass is 10.1. The molecule has 0 heterocycles. The van der Waals surface area contributed by atoms with E-state index in [1.54, 1.807) is 45.0 Å². The molecule has 0 fully saturated rings. The van der Waals surface area contributed by atoms with E-state index in [-0.39, 0.29) is 0 Å². The Morgan fingerprint density at radius 2 is 1.67 bits per heavy atom. The number of hydrogen-bond donors (Lipinski definition) is 0. The van der Waals surface area contributed by atoms with Gasteiger partial charge in [0.2, 0.25) is 6.10 Å². The van der Waals surface area contributed by atoms with Crippen LogP contribution >= 0.6 is 0 Å². The summed E-state index contributed by atoms with van der Waals surface area (Å²) in [5, 5.41) is 0. The molecular weight excluding hydrogens is 232 g/mol. The predicted molar refractivity (Wildman–Crippen MR) is 66.8 cm³/mol. The van der Waals surface area contributed by atoms with Crippen molar-refractivity contribution in [1.82, 2.24) is 0 Å². The normalized spacial score (nSPS) is 12.7. The highest BCUT2D eigenvalue weighted by molar-refractivity contribution is 5.80. The molecular formula is C14H18O4. The van der Waals surface area contributed by atoms with Gasteiger partial charge >= 0.3 is 11.9 Å². The van der Waals surface area contributed by atoms with Gasteiger partial charge in [0.15, 0.2) is 0 Å². The van der Waals surface area contributed by atoms with Crippen LogP contribution in [0.3, 0.4) is 0 Å². The second kappa shape index (κ2) is 5.67. The van der Waals surface area contributed by atoms with E-state index in [1.165, 1.54) is 6.92 Å². The van der Waals surface area contributed by atoms with E-state index in [2.05, 4.69) is 0 Å². The standard InChI is InChI=1S/C14H18O4/c1-10(15)17-12(11-8-6-5-7-9-11)13(16)18-14(2,3)4/h5-9,12H,1-4H3. The Kier molecular flexibility index (Phi) is 4.48. The lowest BCUT2D eigenvalue weighted by molar-refractivity contribution is -0.175. The molecule has 4 heteroatoms. The fourth-order valence-corrected chi connectivity index (χ4v) is 1.40. The van der Waals surface area contributed by atoms with Crippen molar-refractivity contribution >= 4 is 11.9 Å². The first kappa shape index (κ1) is 14.2. The molecule has 18 heavy (non-hydrogen) atoms. The van der Waals surface area contributed by atoms with Crippen molar-refractivity contribution < 1.29 is 19.1 Å². The van der Waals surface area contributed by atoms with Crippen molar-refractivity contribution in [2.75, 3.05) is 0 Å². The molecule has 0 radical (unpaired) electrons. The van der Waals surface area contributed by atoms with Gasteiger partial charge in [-0.3, -0.25) is 4.79 Å². The summed E-state index contributed by atoms with van der Waals surface area (Å²) in [5.74, 6) is -1.08. The van der Waals surface area contributed by atoms with E-state index in [4.69, 9.17) is 9.47 Å². The van der Waals surface area contributed by atoms with Crippen LogP contribution in [0.4, 0.5) is 0 Å². The predicted octanol–water partition coefficient (Wildman–Crippen LogP) is 2.63. The summed E-state index contributed by atoms with van der Waals surface area (Å²) in [6.45, 7) is 6.56. The van der Waals surface area contributed by atoms with Gasteiger partial charge < -0.3 is 9.47 Å². The monoisotopic (exact) mass is 250 g/mol. The molecule has 0 saturated heterocycles. The highest BCUT2D eigenvalue weighted by atomic mass is 16.6. The zero-order valence-electron chi connectivity index (χ0n) is 11.1. The van der Waals surface area contributed by atoms with Crippen molar-refractivity contribution in [1.29, 1.82) is 0 Å². The van der Waals surface area contributed by atoms with Crippen LogP contribution in [0.15, 0.2) is 30.3 Å². The van der Waals surface area contributed by atoms with E-state index in [0.29, 0.717) is 5.56 Å². The first-order valence-electron chi connectivity index (χ1n) is 5.74. The van der Waals surface area contributed by atoms with E-state index in [0.717, 1.165) is 0 Å². The van der Waals surface area contributed by atoms with E-state index >= 15 is 0 Å². The van der Waals surface area contributed by atoms with Crippen molar-refractivity contribution in [3.8, 4) is 0 Å². The largest absolute Gasteiger partial charge is 0.457 e. The minimum absolute atomic E-state index is 0.519. The number of benzene rings is 1. The van der Waals surface area contributed by atoms with Crippen molar-refractivity contribution in [2.45, 2.75) is 39.4 Å². The Bertz CT molecular complexity index is 417. The average molecular weight is 250 g/mol. The van der Waals surface area contributed by atoms with Gasteiger partial charge in [-0.2, -0.15) is 0 Å². The Labute approximate surface area is 107 Å². The van der Waals surface area contributed by atoms with Crippen LogP contribution in [-0.2, 0) is 19.1 Å². The highest BCUT2D eigenvalue weighted by Crippen LogP contribution is 2.22. The van der Waals surface area contributed by atoms with Crippen LogP contribution in [0, 0.1) is 0 Å². The first-order chi connectivity index (χ1) is 8.29. The molecule has 1 unspecified atom stereocenters. The summed E-state index contributed by atoms with van der Waals surface area (Å²) >= 11 is 0. The molecule has 0 aliphatic carbocycles. The molecule has 1 rings (SSSR count). The fourth-order valence-electron chi connectivity index (χ4n) is 1.40. The lowest BCUT2D eigenvalue weighted by Gasteiger charge is -2.23. The molecule has 0 amide bonds. The Morgan fingerprint density at radius 3 is 2.11 bits per heavy atom. The van der Waals surface area contributed by atoms with Gasteiger partial charge in [0.05, 0.1) is 0 Å². The number of carbonyl (C=O) groups excluding carboxylic acids is 2. The third kappa shape index (κ3) is 4.57. The molecule has 0 N–H and O–H groups in total. The summed E-state index contributed by atoms with van der Waals surface area (Å²) < 4.78 is 10.3. The van der Waals surface area contributed by atoms with Crippen molar-refractivity contribution in [3.05, 3.63) is 35.9 Å². The number of hydrogen-bond acceptors (Lipinski definition) is 4. The minimum atomic E-state index is -1.01. The summed E-state index contributed by atoms with van der Waals surface area (Å²) in [7, 11) is 0. The molecule has 0 spiro atoms. The Morgan fingerprint density at radius 1 is 1.11 bits per heavy atom. The van der Waals surface area contributed by atoms with Crippen LogP contribution in [0.25, 0.3) is 0 Å². The summed E-state index contributed by atoms with van der Waals surface area (Å²) in [6, 6.07) is 8.81. The summed E-state index contributed by atoms with van der Waals surface area (Å²) in [6.07, 6.45) is -1.01. The zero-order chi connectivity index (χ0) is 13.8.